The molecule has 0 aliphatic heterocycles. The van der Waals surface area contributed by atoms with Gasteiger partial charge in [-0.1, -0.05) is 35.3 Å². The zero-order valence-electron chi connectivity index (χ0n) is 11.7. The fourth-order valence-corrected chi connectivity index (χ4v) is 2.95. The molecule has 1 aromatic heterocycles. The Bertz CT molecular complexity index is 893. The Morgan fingerprint density at radius 3 is 2.61 bits per heavy atom. The van der Waals surface area contributed by atoms with Crippen LogP contribution in [0.3, 0.4) is 0 Å². The van der Waals surface area contributed by atoms with Gasteiger partial charge in [0.05, 0.1) is 5.02 Å². The van der Waals surface area contributed by atoms with Crippen LogP contribution in [0.25, 0.3) is 11.0 Å². The van der Waals surface area contributed by atoms with Crippen molar-refractivity contribution in [3.63, 3.8) is 0 Å². The van der Waals surface area contributed by atoms with Crippen molar-refractivity contribution in [1.29, 1.82) is 0 Å². The molecule has 118 valence electrons. The first-order valence-electron chi connectivity index (χ1n) is 6.73. The van der Waals surface area contributed by atoms with Gasteiger partial charge >= 0.3 is 6.55 Å². The number of carbonyl (C=O) groups excluding carboxylic acids is 1. The number of Topliss-reactive ketones (excluding diaryl/α,β-unsaturated/α-hetero) is 1. The molecule has 23 heavy (non-hydrogen) atoms. The molecule has 0 N–H and O–H groups in total. The largest absolute Gasteiger partial charge is 0.387 e. The Morgan fingerprint density at radius 1 is 1.17 bits per heavy atom. The van der Waals surface area contributed by atoms with E-state index >= 15 is 0 Å². The van der Waals surface area contributed by atoms with Crippen LogP contribution in [0.15, 0.2) is 48.8 Å². The van der Waals surface area contributed by atoms with Crippen LogP contribution in [-0.2, 0) is 6.54 Å². The SMILES string of the molecule is O=C(C[n+]1cn(C(F)F)c2ccccc21)c1ccc(Cl)cc1Cl. The molecule has 0 spiro atoms. The molecular formula is C16H11Cl2F2N2O+. The number of hydrogen-bond acceptors (Lipinski definition) is 1. The summed E-state index contributed by atoms with van der Waals surface area (Å²) in [7, 11) is 0. The van der Waals surface area contributed by atoms with Gasteiger partial charge in [0.1, 0.15) is 0 Å². The highest BCUT2D eigenvalue weighted by Gasteiger charge is 2.23. The summed E-state index contributed by atoms with van der Waals surface area (Å²) < 4.78 is 28.5. The molecule has 3 rings (SSSR count). The van der Waals surface area contributed by atoms with E-state index in [2.05, 4.69) is 0 Å². The summed E-state index contributed by atoms with van der Waals surface area (Å²) >= 11 is 11.8. The third kappa shape index (κ3) is 3.07. The number of halogens is 4. The number of para-hydroxylation sites is 2. The predicted molar refractivity (Wildman–Crippen MR) is 84.2 cm³/mol. The van der Waals surface area contributed by atoms with Gasteiger partial charge in [-0.3, -0.25) is 4.79 Å². The van der Waals surface area contributed by atoms with E-state index in [1.807, 2.05) is 0 Å². The highest BCUT2D eigenvalue weighted by molar-refractivity contribution is 6.36. The minimum atomic E-state index is -2.68. The minimum absolute atomic E-state index is 0.0956. The van der Waals surface area contributed by atoms with Crippen molar-refractivity contribution in [2.45, 2.75) is 13.1 Å². The third-order valence-electron chi connectivity index (χ3n) is 3.49. The Labute approximate surface area is 140 Å². The minimum Gasteiger partial charge on any atom is -0.290 e. The molecule has 0 saturated carbocycles. The van der Waals surface area contributed by atoms with Gasteiger partial charge in [0.2, 0.25) is 12.1 Å². The summed E-state index contributed by atoms with van der Waals surface area (Å²) in [6.45, 7) is -2.78. The predicted octanol–water partition coefficient (Wildman–Crippen LogP) is 4.51. The van der Waals surface area contributed by atoms with E-state index in [1.54, 1.807) is 30.3 Å². The summed E-state index contributed by atoms with van der Waals surface area (Å²) in [5.74, 6) is -0.283. The number of rotatable bonds is 4. The van der Waals surface area contributed by atoms with Gasteiger partial charge in [0.15, 0.2) is 17.6 Å². The lowest BCUT2D eigenvalue weighted by Crippen LogP contribution is -2.37. The number of fused-ring (bicyclic) bond motifs is 1. The maximum atomic E-state index is 13.1. The van der Waals surface area contributed by atoms with Crippen LogP contribution < -0.4 is 4.57 Å². The third-order valence-corrected chi connectivity index (χ3v) is 4.04. The number of imidazole rings is 1. The van der Waals surface area contributed by atoms with Crippen molar-refractivity contribution >= 4 is 40.0 Å². The zero-order valence-corrected chi connectivity index (χ0v) is 13.2. The smallest absolute Gasteiger partial charge is 0.290 e. The highest BCUT2D eigenvalue weighted by Crippen LogP contribution is 2.22. The second kappa shape index (κ2) is 6.26. The van der Waals surface area contributed by atoms with Crippen LogP contribution in [0, 0.1) is 0 Å². The number of ketones is 1. The fourth-order valence-electron chi connectivity index (χ4n) is 2.44. The lowest BCUT2D eigenvalue weighted by Gasteiger charge is -2.02. The molecule has 0 fully saturated rings. The lowest BCUT2D eigenvalue weighted by atomic mass is 10.1. The lowest BCUT2D eigenvalue weighted by molar-refractivity contribution is -0.658. The molecular weight excluding hydrogens is 345 g/mol. The maximum Gasteiger partial charge on any atom is 0.387 e. The molecule has 0 saturated heterocycles. The Hall–Kier alpha value is -1.98. The standard InChI is InChI=1S/C16H11Cl2F2N2O/c17-10-5-6-11(12(18)7-10)15(23)8-21-9-22(16(19)20)14-4-2-1-3-13(14)21/h1-7,9,16H,8H2/q+1. The van der Waals surface area contributed by atoms with Crippen LogP contribution >= 0.6 is 23.2 Å². The maximum absolute atomic E-state index is 13.1. The van der Waals surface area contributed by atoms with Gasteiger partial charge in [-0.2, -0.15) is 13.3 Å². The molecule has 7 heteroatoms. The Kier molecular flexibility index (Phi) is 4.33. The second-order valence-corrected chi connectivity index (χ2v) is 5.81. The van der Waals surface area contributed by atoms with Gasteiger partial charge in [0.25, 0.3) is 0 Å². The number of hydrogen-bond donors (Lipinski definition) is 0. The topological polar surface area (TPSA) is 25.9 Å². The van der Waals surface area contributed by atoms with Gasteiger partial charge in [-0.15, -0.1) is 0 Å². The van der Waals surface area contributed by atoms with Gasteiger partial charge in [0, 0.05) is 10.6 Å². The fraction of sp³-hybridized carbons (Fsp3) is 0.125. The van der Waals surface area contributed by atoms with Gasteiger partial charge in [-0.05, 0) is 30.3 Å². The molecule has 0 bridgehead atoms. The van der Waals surface area contributed by atoms with E-state index in [1.165, 1.54) is 23.0 Å². The van der Waals surface area contributed by atoms with Crippen LogP contribution in [-0.4, -0.2) is 10.4 Å². The molecule has 0 amide bonds. The molecule has 2 aromatic carbocycles. The molecule has 0 atom stereocenters. The van der Waals surface area contributed by atoms with E-state index in [0.717, 1.165) is 4.57 Å². The van der Waals surface area contributed by atoms with Crippen molar-refractivity contribution in [2.24, 2.45) is 0 Å². The number of carbonyl (C=O) groups is 1. The number of aromatic nitrogens is 2. The molecule has 1 heterocycles. The van der Waals surface area contributed by atoms with Crippen LogP contribution in [0.4, 0.5) is 8.78 Å². The monoisotopic (exact) mass is 355 g/mol. The van der Waals surface area contributed by atoms with Crippen LogP contribution in [0.5, 0.6) is 0 Å². The normalized spacial score (nSPS) is 11.3. The number of nitrogens with zero attached hydrogens (tertiary/aromatic N) is 2. The summed E-state index contributed by atoms with van der Waals surface area (Å²) in [5, 5.41) is 0.661. The quantitative estimate of drug-likeness (QED) is 0.499. The summed E-state index contributed by atoms with van der Waals surface area (Å²) in [5.41, 5.74) is 1.21. The molecule has 3 aromatic rings. The van der Waals surface area contributed by atoms with E-state index in [0.29, 0.717) is 21.6 Å². The molecule has 0 aliphatic rings. The van der Waals surface area contributed by atoms with Crippen molar-refractivity contribution < 1.29 is 18.1 Å². The first-order valence-corrected chi connectivity index (χ1v) is 7.48. The summed E-state index contributed by atoms with van der Waals surface area (Å²) in [6.07, 6.45) is 1.23. The number of alkyl halides is 2. The van der Waals surface area contributed by atoms with Crippen molar-refractivity contribution in [3.8, 4) is 0 Å². The van der Waals surface area contributed by atoms with E-state index in [-0.39, 0.29) is 17.4 Å². The van der Waals surface area contributed by atoms with Crippen LogP contribution in [0.2, 0.25) is 10.0 Å². The van der Waals surface area contributed by atoms with Crippen molar-refractivity contribution in [3.05, 3.63) is 64.4 Å². The molecule has 0 aliphatic carbocycles. The summed E-state index contributed by atoms with van der Waals surface area (Å²) in [4.78, 5) is 12.4. The average molecular weight is 356 g/mol. The zero-order chi connectivity index (χ0) is 16.6. The molecule has 0 radical (unpaired) electrons. The van der Waals surface area contributed by atoms with Crippen molar-refractivity contribution in [2.75, 3.05) is 0 Å². The highest BCUT2D eigenvalue weighted by atomic mass is 35.5. The Morgan fingerprint density at radius 2 is 1.91 bits per heavy atom. The molecule has 0 unspecified atom stereocenters. The first-order chi connectivity index (χ1) is 11.0. The second-order valence-electron chi connectivity index (χ2n) is 4.96. The van der Waals surface area contributed by atoms with E-state index in [9.17, 15) is 13.6 Å². The van der Waals surface area contributed by atoms with Crippen molar-refractivity contribution in [1.82, 2.24) is 4.57 Å². The first kappa shape index (κ1) is 15.9. The number of benzene rings is 2. The van der Waals surface area contributed by atoms with Gasteiger partial charge < -0.3 is 0 Å². The van der Waals surface area contributed by atoms with Gasteiger partial charge in [-0.25, -0.2) is 4.57 Å². The molecule has 3 nitrogen and oxygen atoms in total. The van der Waals surface area contributed by atoms with Crippen LogP contribution in [0.1, 0.15) is 16.9 Å². The van der Waals surface area contributed by atoms with E-state index in [4.69, 9.17) is 23.2 Å². The Balaban J connectivity index is 2.00. The summed E-state index contributed by atoms with van der Waals surface area (Å²) in [6, 6.07) is 11.2. The average Bonchev–Trinajstić information content (AvgIpc) is 2.86. The van der Waals surface area contributed by atoms with E-state index < -0.39 is 6.55 Å².